The van der Waals surface area contributed by atoms with Crippen LogP contribution < -0.4 is 4.90 Å². The number of rotatable bonds is 0. The summed E-state index contributed by atoms with van der Waals surface area (Å²) in [4.78, 5) is 0.321. The van der Waals surface area contributed by atoms with Crippen molar-refractivity contribution in [2.24, 2.45) is 0 Å². The molecule has 0 saturated heterocycles. The highest BCUT2D eigenvalue weighted by atomic mass is 35.5. The highest BCUT2D eigenvalue weighted by molar-refractivity contribution is 6.34. The Kier molecular flexibility index (Phi) is 1.22. The Morgan fingerprint density at radius 3 is 3.09 bits per heavy atom. The number of hydrogen-bond donors (Lipinski definition) is 0. The van der Waals surface area contributed by atoms with Crippen molar-refractivity contribution in [3.05, 3.63) is 28.4 Å². The molecule has 1 aromatic heterocycles. The van der Waals surface area contributed by atoms with Crippen LogP contribution in [-0.2, 0) is 0 Å². The molecule has 1 aromatic carbocycles. The fourth-order valence-electron chi connectivity index (χ4n) is 0.864. The Hall–Kier alpha value is -1.29. The smallest absolute Gasteiger partial charge is 0.267 e. The minimum absolute atomic E-state index is 0.321. The van der Waals surface area contributed by atoms with Crippen molar-refractivity contribution in [2.75, 3.05) is 0 Å². The van der Waals surface area contributed by atoms with Gasteiger partial charge in [0.2, 0.25) is 5.52 Å². The molecule has 0 radical (unpaired) electrons. The summed E-state index contributed by atoms with van der Waals surface area (Å²) in [6, 6.07) is 4.90. The van der Waals surface area contributed by atoms with Gasteiger partial charge in [0, 0.05) is 5.16 Å². The number of aromatic nitrogens is 2. The Morgan fingerprint density at radius 1 is 1.55 bits per heavy atom. The zero-order chi connectivity index (χ0) is 7.84. The third kappa shape index (κ3) is 0.832. The summed E-state index contributed by atoms with van der Waals surface area (Å²) in [5.41, 5.74) is 0.738. The van der Waals surface area contributed by atoms with E-state index in [1.165, 1.54) is 0 Å². The van der Waals surface area contributed by atoms with Crippen LogP contribution in [0.4, 0.5) is 0 Å². The lowest BCUT2D eigenvalue weighted by Gasteiger charge is -1.85. The molecule has 1 heterocycles. The Morgan fingerprint density at radius 2 is 2.36 bits per heavy atom. The Bertz CT molecular complexity index is 398. The van der Waals surface area contributed by atoms with Gasteiger partial charge in [-0.3, -0.25) is 4.63 Å². The van der Waals surface area contributed by atoms with E-state index in [1.54, 1.807) is 18.2 Å². The van der Waals surface area contributed by atoms with Crippen LogP contribution in [0.15, 0.2) is 22.8 Å². The third-order valence-corrected chi connectivity index (χ3v) is 1.67. The van der Waals surface area contributed by atoms with Gasteiger partial charge >= 0.3 is 0 Å². The molecule has 11 heavy (non-hydrogen) atoms. The maximum Gasteiger partial charge on any atom is 0.267 e. The number of benzene rings is 1. The van der Waals surface area contributed by atoms with Crippen LogP contribution in [0, 0.1) is 5.21 Å². The molecule has 2 rings (SSSR count). The van der Waals surface area contributed by atoms with E-state index in [4.69, 9.17) is 11.6 Å². The fourth-order valence-corrected chi connectivity index (χ4v) is 1.07. The number of nitrogens with zero attached hydrogens (tertiary/aromatic N) is 2. The van der Waals surface area contributed by atoms with Crippen LogP contribution >= 0.6 is 11.6 Å². The van der Waals surface area contributed by atoms with E-state index in [1.807, 2.05) is 0 Å². The summed E-state index contributed by atoms with van der Waals surface area (Å²) < 4.78 is 4.32. The van der Waals surface area contributed by atoms with Crippen molar-refractivity contribution < 1.29 is 9.53 Å². The van der Waals surface area contributed by atoms with Crippen LogP contribution in [-0.4, -0.2) is 5.16 Å². The van der Waals surface area contributed by atoms with Crippen molar-refractivity contribution in [1.82, 2.24) is 5.16 Å². The molecule has 0 atom stereocenters. The lowest BCUT2D eigenvalue weighted by molar-refractivity contribution is -0.782. The second kappa shape index (κ2) is 2.10. The van der Waals surface area contributed by atoms with Crippen LogP contribution in [0.1, 0.15) is 0 Å². The lowest BCUT2D eigenvalue weighted by Crippen LogP contribution is -2.22. The molecule has 0 aliphatic rings. The molecule has 0 fully saturated rings. The molecule has 0 spiro atoms. The zero-order valence-corrected chi connectivity index (χ0v) is 6.08. The van der Waals surface area contributed by atoms with Crippen molar-refractivity contribution in [3.63, 3.8) is 0 Å². The highest BCUT2D eigenvalue weighted by Crippen LogP contribution is 2.17. The Labute approximate surface area is 66.5 Å². The molecule has 0 bridgehead atoms. The average molecular weight is 171 g/mol. The summed E-state index contributed by atoms with van der Waals surface area (Å²) in [6.07, 6.45) is 0. The van der Waals surface area contributed by atoms with Gasteiger partial charge in [-0.2, -0.15) is 0 Å². The lowest BCUT2D eigenvalue weighted by atomic mass is 10.3. The third-order valence-electron chi connectivity index (χ3n) is 1.37. The quantitative estimate of drug-likeness (QED) is 0.557. The van der Waals surface area contributed by atoms with Gasteiger partial charge in [-0.25, -0.2) is 0 Å². The SMILES string of the molecule is [O-][n+]1onc2c(Cl)cccc21. The van der Waals surface area contributed by atoms with E-state index in [0.29, 0.717) is 21.0 Å². The van der Waals surface area contributed by atoms with E-state index < -0.39 is 0 Å². The molecule has 0 aliphatic heterocycles. The number of hydrogen-bond acceptors (Lipinski definition) is 3. The normalized spacial score (nSPS) is 10.6. The number of fused-ring (bicyclic) bond motifs is 1. The highest BCUT2D eigenvalue weighted by Gasteiger charge is 2.10. The molecular weight excluding hydrogens is 168 g/mol. The second-order valence-corrected chi connectivity index (χ2v) is 2.44. The van der Waals surface area contributed by atoms with Gasteiger partial charge in [-0.1, -0.05) is 17.7 Å². The van der Waals surface area contributed by atoms with Crippen molar-refractivity contribution in [3.8, 4) is 0 Å². The molecule has 4 nitrogen and oxygen atoms in total. The van der Waals surface area contributed by atoms with Crippen molar-refractivity contribution >= 4 is 22.6 Å². The monoisotopic (exact) mass is 170 g/mol. The fraction of sp³-hybridized carbons (Fsp3) is 0. The largest absolute Gasteiger partial charge is 0.359 e. The molecule has 5 heteroatoms. The summed E-state index contributed by atoms with van der Waals surface area (Å²) in [5, 5.41) is 14.6. The molecular formula is C6H3ClN2O2. The second-order valence-electron chi connectivity index (χ2n) is 2.04. The first-order valence-electron chi connectivity index (χ1n) is 2.93. The predicted octanol–water partition coefficient (Wildman–Crippen LogP) is 1.11. The van der Waals surface area contributed by atoms with Gasteiger partial charge in [-0.15, -0.1) is 0 Å². The van der Waals surface area contributed by atoms with Gasteiger partial charge in [0.1, 0.15) is 0 Å². The molecule has 2 aromatic rings. The zero-order valence-electron chi connectivity index (χ0n) is 5.32. The molecule has 0 aliphatic carbocycles. The van der Waals surface area contributed by atoms with E-state index in [-0.39, 0.29) is 0 Å². The maximum absolute atomic E-state index is 10.8. The van der Waals surface area contributed by atoms with Crippen LogP contribution in [0.25, 0.3) is 11.0 Å². The standard InChI is InChI=1S/C6H3ClN2O2/c7-4-2-1-3-5-6(4)8-11-9(5)10/h1-3H. The van der Waals surface area contributed by atoms with Gasteiger partial charge in [-0.05, 0) is 17.0 Å². The first-order chi connectivity index (χ1) is 5.29. The molecule has 0 unspecified atom stereocenters. The minimum Gasteiger partial charge on any atom is -0.359 e. The van der Waals surface area contributed by atoms with Gasteiger partial charge in [0.15, 0.2) is 0 Å². The first kappa shape index (κ1) is 6.42. The van der Waals surface area contributed by atoms with Crippen LogP contribution in [0.2, 0.25) is 5.02 Å². The van der Waals surface area contributed by atoms with Gasteiger partial charge < -0.3 is 5.21 Å². The van der Waals surface area contributed by atoms with Crippen molar-refractivity contribution in [2.45, 2.75) is 0 Å². The first-order valence-corrected chi connectivity index (χ1v) is 3.31. The van der Waals surface area contributed by atoms with Gasteiger partial charge in [0.05, 0.1) is 5.02 Å². The van der Waals surface area contributed by atoms with Crippen LogP contribution in [0.3, 0.4) is 0 Å². The van der Waals surface area contributed by atoms with E-state index >= 15 is 0 Å². The molecule has 0 saturated carbocycles. The molecule has 56 valence electrons. The van der Waals surface area contributed by atoms with E-state index in [0.717, 1.165) is 0 Å². The minimum atomic E-state index is 0.321. The van der Waals surface area contributed by atoms with Gasteiger partial charge in [0.25, 0.3) is 5.52 Å². The van der Waals surface area contributed by atoms with Crippen LogP contribution in [0.5, 0.6) is 0 Å². The predicted molar refractivity (Wildman–Crippen MR) is 38.0 cm³/mol. The Balaban J connectivity index is 2.94. The van der Waals surface area contributed by atoms with Crippen molar-refractivity contribution in [1.29, 1.82) is 0 Å². The van der Waals surface area contributed by atoms with E-state index in [9.17, 15) is 5.21 Å². The molecule has 0 amide bonds. The molecule has 0 N–H and O–H groups in total. The van der Waals surface area contributed by atoms with E-state index in [2.05, 4.69) is 9.79 Å². The number of halogens is 1. The summed E-state index contributed by atoms with van der Waals surface area (Å²) in [5.74, 6) is 0. The summed E-state index contributed by atoms with van der Waals surface area (Å²) in [7, 11) is 0. The maximum atomic E-state index is 10.8. The summed E-state index contributed by atoms with van der Waals surface area (Å²) >= 11 is 5.70. The topological polar surface area (TPSA) is 53.0 Å². The summed E-state index contributed by atoms with van der Waals surface area (Å²) in [6.45, 7) is 0. The average Bonchev–Trinajstić information content (AvgIpc) is 2.35.